The summed E-state index contributed by atoms with van der Waals surface area (Å²) in [6.07, 6.45) is 0. The van der Waals surface area contributed by atoms with Gasteiger partial charge >= 0.3 is 0 Å². The molecule has 3 N–H and O–H groups in total. The highest BCUT2D eigenvalue weighted by Gasteiger charge is 2.04. The molecule has 0 bridgehead atoms. The number of nitrogens with zero attached hydrogens (tertiary/aromatic N) is 2. The molecule has 6 heteroatoms. The molecule has 0 aliphatic carbocycles. The quantitative estimate of drug-likeness (QED) is 0.581. The second kappa shape index (κ2) is 6.40. The van der Waals surface area contributed by atoms with E-state index in [1.54, 1.807) is 12.1 Å². The van der Waals surface area contributed by atoms with Gasteiger partial charge < -0.3 is 25.1 Å². The maximum atomic E-state index is 5.69. The molecule has 0 aliphatic rings. The second-order valence-electron chi connectivity index (χ2n) is 4.59. The summed E-state index contributed by atoms with van der Waals surface area (Å²) >= 11 is 0. The van der Waals surface area contributed by atoms with Crippen molar-refractivity contribution in [1.82, 2.24) is 9.88 Å². The van der Waals surface area contributed by atoms with Crippen molar-refractivity contribution in [2.75, 3.05) is 51.4 Å². The average molecular weight is 264 g/mol. The minimum atomic E-state index is 0.497. The lowest BCUT2D eigenvalue weighted by molar-refractivity contribution is 0.126. The Morgan fingerprint density at radius 3 is 3.00 bits per heavy atom. The third-order valence-corrected chi connectivity index (χ3v) is 2.62. The number of nitrogen functional groups attached to an aromatic ring is 1. The molecule has 2 rings (SSSR count). The number of benzene rings is 1. The van der Waals surface area contributed by atoms with Gasteiger partial charge in [0.05, 0.1) is 13.2 Å². The lowest BCUT2D eigenvalue weighted by Gasteiger charge is -2.09. The Kier molecular flexibility index (Phi) is 4.59. The first-order chi connectivity index (χ1) is 9.15. The van der Waals surface area contributed by atoms with Gasteiger partial charge in [0.15, 0.2) is 5.58 Å². The molecule has 0 aliphatic heterocycles. The molecule has 1 aromatic carbocycles. The van der Waals surface area contributed by atoms with E-state index in [-0.39, 0.29) is 0 Å². The highest BCUT2D eigenvalue weighted by atomic mass is 16.5. The van der Waals surface area contributed by atoms with E-state index in [9.17, 15) is 0 Å². The van der Waals surface area contributed by atoms with Crippen molar-refractivity contribution >= 4 is 22.8 Å². The molecule has 19 heavy (non-hydrogen) atoms. The highest BCUT2D eigenvalue weighted by Crippen LogP contribution is 2.20. The number of hydrogen-bond donors (Lipinski definition) is 2. The van der Waals surface area contributed by atoms with Gasteiger partial charge in [0.2, 0.25) is 0 Å². The standard InChI is InChI=1S/C13H20N4O2/c1-17(2)6-8-18-7-5-15-13-16-11-9-10(14)3-4-12(11)19-13/h3-4,9H,5-8,14H2,1-2H3,(H,15,16). The van der Waals surface area contributed by atoms with Gasteiger partial charge in [-0.1, -0.05) is 0 Å². The van der Waals surface area contributed by atoms with Gasteiger partial charge in [0.1, 0.15) is 5.52 Å². The molecule has 0 radical (unpaired) electrons. The van der Waals surface area contributed by atoms with Crippen molar-refractivity contribution in [3.63, 3.8) is 0 Å². The van der Waals surface area contributed by atoms with Crippen LogP contribution in [0.1, 0.15) is 0 Å². The first kappa shape index (κ1) is 13.6. The summed E-state index contributed by atoms with van der Waals surface area (Å²) in [7, 11) is 4.04. The van der Waals surface area contributed by atoms with Crippen molar-refractivity contribution in [2.45, 2.75) is 0 Å². The number of rotatable bonds is 7. The van der Waals surface area contributed by atoms with Gasteiger partial charge in [-0.25, -0.2) is 0 Å². The fraction of sp³-hybridized carbons (Fsp3) is 0.462. The topological polar surface area (TPSA) is 76.5 Å². The summed E-state index contributed by atoms with van der Waals surface area (Å²) in [6.45, 7) is 2.92. The van der Waals surface area contributed by atoms with Gasteiger partial charge in [-0.3, -0.25) is 0 Å². The zero-order valence-corrected chi connectivity index (χ0v) is 11.3. The number of anilines is 2. The van der Waals surface area contributed by atoms with E-state index in [1.165, 1.54) is 0 Å². The predicted molar refractivity (Wildman–Crippen MR) is 76.3 cm³/mol. The zero-order valence-electron chi connectivity index (χ0n) is 11.3. The molecule has 2 aromatic rings. The fourth-order valence-electron chi connectivity index (χ4n) is 1.60. The molecular weight excluding hydrogens is 244 g/mol. The molecule has 0 saturated heterocycles. The van der Waals surface area contributed by atoms with Crippen LogP contribution in [-0.2, 0) is 4.74 Å². The highest BCUT2D eigenvalue weighted by molar-refractivity contribution is 5.78. The number of nitrogens with one attached hydrogen (secondary N) is 1. The lowest BCUT2D eigenvalue weighted by Crippen LogP contribution is -2.20. The molecule has 0 atom stereocenters. The zero-order chi connectivity index (χ0) is 13.7. The maximum Gasteiger partial charge on any atom is 0.295 e. The molecule has 6 nitrogen and oxygen atoms in total. The van der Waals surface area contributed by atoms with E-state index in [4.69, 9.17) is 14.9 Å². The van der Waals surface area contributed by atoms with Crippen molar-refractivity contribution in [2.24, 2.45) is 0 Å². The van der Waals surface area contributed by atoms with Gasteiger partial charge in [0.25, 0.3) is 6.01 Å². The van der Waals surface area contributed by atoms with Crippen LogP contribution in [0.25, 0.3) is 11.1 Å². The maximum absolute atomic E-state index is 5.69. The van der Waals surface area contributed by atoms with Gasteiger partial charge in [0, 0.05) is 18.8 Å². The fourth-order valence-corrected chi connectivity index (χ4v) is 1.60. The molecule has 0 unspecified atom stereocenters. The van der Waals surface area contributed by atoms with Crippen molar-refractivity contribution in [3.05, 3.63) is 18.2 Å². The summed E-state index contributed by atoms with van der Waals surface area (Å²) in [5.41, 5.74) is 7.85. The third kappa shape index (κ3) is 4.11. The molecule has 0 fully saturated rings. The molecular formula is C13H20N4O2. The Bertz CT molecular complexity index is 524. The van der Waals surface area contributed by atoms with Crippen LogP contribution in [0, 0.1) is 0 Å². The van der Waals surface area contributed by atoms with Gasteiger partial charge in [-0.2, -0.15) is 4.98 Å². The molecule has 0 amide bonds. The number of ether oxygens (including phenoxy) is 1. The largest absolute Gasteiger partial charge is 0.424 e. The van der Waals surface area contributed by atoms with Gasteiger partial charge in [-0.15, -0.1) is 0 Å². The van der Waals surface area contributed by atoms with Crippen molar-refractivity contribution < 1.29 is 9.15 Å². The predicted octanol–water partition coefficient (Wildman–Crippen LogP) is 1.40. The van der Waals surface area contributed by atoms with Crippen molar-refractivity contribution in [3.8, 4) is 0 Å². The Balaban J connectivity index is 1.75. The Morgan fingerprint density at radius 1 is 1.37 bits per heavy atom. The first-order valence-electron chi connectivity index (χ1n) is 6.27. The van der Waals surface area contributed by atoms with Crippen LogP contribution in [0.3, 0.4) is 0 Å². The number of nitrogens with two attached hydrogens (primary N) is 1. The summed E-state index contributed by atoms with van der Waals surface area (Å²) < 4.78 is 11.0. The van der Waals surface area contributed by atoms with Crippen molar-refractivity contribution in [1.29, 1.82) is 0 Å². The van der Waals surface area contributed by atoms with Crippen LogP contribution in [0.2, 0.25) is 0 Å². The van der Waals surface area contributed by atoms with Crippen LogP contribution < -0.4 is 11.1 Å². The van der Waals surface area contributed by atoms with E-state index in [0.29, 0.717) is 24.9 Å². The SMILES string of the molecule is CN(C)CCOCCNc1nc2cc(N)ccc2o1. The Labute approximate surface area is 112 Å². The monoisotopic (exact) mass is 264 g/mol. The van der Waals surface area contributed by atoms with E-state index in [0.717, 1.165) is 24.3 Å². The molecule has 0 saturated carbocycles. The number of hydrogen-bond acceptors (Lipinski definition) is 6. The van der Waals surface area contributed by atoms with E-state index >= 15 is 0 Å². The summed E-state index contributed by atoms with van der Waals surface area (Å²) in [5.74, 6) is 0. The molecule has 104 valence electrons. The number of oxazole rings is 1. The van der Waals surface area contributed by atoms with Gasteiger partial charge in [-0.05, 0) is 32.3 Å². The summed E-state index contributed by atoms with van der Waals surface area (Å²) in [6, 6.07) is 5.90. The third-order valence-electron chi connectivity index (χ3n) is 2.62. The smallest absolute Gasteiger partial charge is 0.295 e. The van der Waals surface area contributed by atoms with E-state index in [2.05, 4.69) is 15.2 Å². The number of aromatic nitrogens is 1. The minimum absolute atomic E-state index is 0.497. The number of fused-ring (bicyclic) bond motifs is 1. The normalized spacial score (nSPS) is 11.3. The van der Waals surface area contributed by atoms with Crippen LogP contribution >= 0.6 is 0 Å². The molecule has 1 heterocycles. The number of likely N-dealkylation sites (N-methyl/N-ethyl adjacent to an activating group) is 1. The van der Waals surface area contributed by atoms with E-state index < -0.39 is 0 Å². The summed E-state index contributed by atoms with van der Waals surface area (Å²) in [4.78, 5) is 6.38. The Morgan fingerprint density at radius 2 is 2.21 bits per heavy atom. The minimum Gasteiger partial charge on any atom is -0.424 e. The first-order valence-corrected chi connectivity index (χ1v) is 6.27. The molecule has 1 aromatic heterocycles. The van der Waals surface area contributed by atoms with Crippen LogP contribution in [0.4, 0.5) is 11.7 Å². The van der Waals surface area contributed by atoms with E-state index in [1.807, 2.05) is 20.2 Å². The van der Waals surface area contributed by atoms with Crippen LogP contribution in [0.15, 0.2) is 22.6 Å². The summed E-state index contributed by atoms with van der Waals surface area (Å²) in [5, 5.41) is 3.08. The lowest BCUT2D eigenvalue weighted by atomic mass is 10.3. The Hall–Kier alpha value is -1.79. The van der Waals surface area contributed by atoms with Crippen LogP contribution in [-0.4, -0.2) is 50.3 Å². The van der Waals surface area contributed by atoms with Crippen LogP contribution in [0.5, 0.6) is 0 Å². The molecule has 0 spiro atoms. The average Bonchev–Trinajstić information content (AvgIpc) is 2.75. The second-order valence-corrected chi connectivity index (χ2v) is 4.59.